The molecule has 2 aliphatic rings. The molecule has 8 heteroatoms. The Labute approximate surface area is 181 Å². The molecule has 0 radical (unpaired) electrons. The molecule has 0 unspecified atom stereocenters. The van der Waals surface area contributed by atoms with Crippen molar-refractivity contribution in [2.45, 2.75) is 45.1 Å². The predicted molar refractivity (Wildman–Crippen MR) is 117 cm³/mol. The molecule has 1 saturated heterocycles. The Hall–Kier alpha value is -3.00. The van der Waals surface area contributed by atoms with Crippen LogP contribution in [0.15, 0.2) is 41.5 Å². The smallest absolute Gasteiger partial charge is 0.293 e. The summed E-state index contributed by atoms with van der Waals surface area (Å²) in [6, 6.07) is 8.69. The zero-order valence-corrected chi connectivity index (χ0v) is 17.8. The van der Waals surface area contributed by atoms with Gasteiger partial charge in [0.1, 0.15) is 11.2 Å². The van der Waals surface area contributed by atoms with E-state index in [-0.39, 0.29) is 23.2 Å². The van der Waals surface area contributed by atoms with Crippen molar-refractivity contribution in [1.29, 1.82) is 0 Å². The second-order valence-corrected chi connectivity index (χ2v) is 8.22. The second-order valence-electron chi connectivity index (χ2n) is 8.22. The number of carbonyl (C=O) groups excluding carboxylic acids is 1. The van der Waals surface area contributed by atoms with E-state index in [1.54, 1.807) is 18.3 Å². The number of ether oxygens (including phenoxy) is 1. The highest BCUT2D eigenvalue weighted by Crippen LogP contribution is 2.30. The molecule has 1 saturated carbocycles. The summed E-state index contributed by atoms with van der Waals surface area (Å²) in [7, 11) is 0. The Bertz CT molecular complexity index is 1030. The van der Waals surface area contributed by atoms with E-state index in [9.17, 15) is 14.9 Å². The van der Waals surface area contributed by atoms with Crippen LogP contribution < -0.4 is 10.4 Å². The van der Waals surface area contributed by atoms with E-state index in [1.807, 2.05) is 24.0 Å². The number of aryl methyl sites for hydroxylation is 1. The van der Waals surface area contributed by atoms with Crippen LogP contribution in [0, 0.1) is 17.0 Å². The first kappa shape index (κ1) is 21.2. The molecule has 0 N–H and O–H groups in total. The molecule has 0 amide bonds. The highest BCUT2D eigenvalue weighted by atomic mass is 16.6. The number of nitro groups is 1. The van der Waals surface area contributed by atoms with E-state index in [2.05, 4.69) is 0 Å². The lowest BCUT2D eigenvalue weighted by atomic mass is 9.96. The number of hydrogen-bond donors (Lipinski definition) is 0. The van der Waals surface area contributed by atoms with E-state index in [0.717, 1.165) is 31.2 Å². The van der Waals surface area contributed by atoms with Gasteiger partial charge in [-0.3, -0.25) is 24.5 Å². The predicted octanol–water partition coefficient (Wildman–Crippen LogP) is 3.46. The van der Waals surface area contributed by atoms with Crippen LogP contribution in [0.25, 0.3) is 0 Å². The molecule has 4 rings (SSSR count). The van der Waals surface area contributed by atoms with Gasteiger partial charge in [0.05, 0.1) is 24.2 Å². The highest BCUT2D eigenvalue weighted by Gasteiger charge is 2.24. The minimum absolute atomic E-state index is 0.0637. The number of pyridine rings is 1. The lowest BCUT2D eigenvalue weighted by Gasteiger charge is -2.28. The Balaban J connectivity index is 1.70. The van der Waals surface area contributed by atoms with Crippen molar-refractivity contribution < 1.29 is 14.5 Å². The van der Waals surface area contributed by atoms with Gasteiger partial charge in [-0.2, -0.15) is 0 Å². The van der Waals surface area contributed by atoms with E-state index in [4.69, 9.17) is 9.73 Å². The third-order valence-electron chi connectivity index (χ3n) is 5.97. The summed E-state index contributed by atoms with van der Waals surface area (Å²) in [6.07, 6.45) is 7.31. The SMILES string of the molecule is Cc1ccn(C(=O)c2ccc(N3CCOCC3)c([N+](=O)[O-])c2)c(=NC2CCCCC2)c1. The van der Waals surface area contributed by atoms with Crippen LogP contribution in [-0.4, -0.2) is 47.7 Å². The van der Waals surface area contributed by atoms with Gasteiger partial charge in [-0.05, 0) is 49.6 Å². The van der Waals surface area contributed by atoms with E-state index in [0.29, 0.717) is 37.5 Å². The van der Waals surface area contributed by atoms with Gasteiger partial charge >= 0.3 is 0 Å². The fourth-order valence-electron chi connectivity index (χ4n) is 4.27. The normalized spacial score (nSPS) is 18.2. The maximum absolute atomic E-state index is 13.3. The molecule has 1 aromatic heterocycles. The van der Waals surface area contributed by atoms with Crippen molar-refractivity contribution in [3.8, 4) is 0 Å². The van der Waals surface area contributed by atoms with Crippen molar-refractivity contribution in [2.24, 2.45) is 4.99 Å². The minimum Gasteiger partial charge on any atom is -0.378 e. The molecule has 1 aromatic carbocycles. The molecule has 0 spiro atoms. The summed E-state index contributed by atoms with van der Waals surface area (Å²) in [6.45, 7) is 4.21. The van der Waals surface area contributed by atoms with Crippen molar-refractivity contribution >= 4 is 17.3 Å². The van der Waals surface area contributed by atoms with Gasteiger partial charge in [0.2, 0.25) is 0 Å². The molecule has 2 aromatic rings. The average molecular weight is 425 g/mol. The molecular formula is C23H28N4O4. The van der Waals surface area contributed by atoms with Crippen molar-refractivity contribution in [3.05, 3.63) is 63.3 Å². The van der Waals surface area contributed by atoms with Crippen LogP contribution in [0.3, 0.4) is 0 Å². The molecule has 0 bridgehead atoms. The summed E-state index contributed by atoms with van der Waals surface area (Å²) in [5.74, 6) is -0.314. The van der Waals surface area contributed by atoms with Crippen molar-refractivity contribution in [3.63, 3.8) is 0 Å². The Morgan fingerprint density at radius 1 is 1.13 bits per heavy atom. The van der Waals surface area contributed by atoms with Gasteiger partial charge in [-0.15, -0.1) is 0 Å². The van der Waals surface area contributed by atoms with Crippen LogP contribution in [0.5, 0.6) is 0 Å². The second kappa shape index (κ2) is 9.43. The van der Waals surface area contributed by atoms with Crippen LogP contribution in [0.1, 0.15) is 48.0 Å². The first-order valence-corrected chi connectivity index (χ1v) is 10.9. The average Bonchev–Trinajstić information content (AvgIpc) is 2.79. The van der Waals surface area contributed by atoms with E-state index in [1.165, 1.54) is 17.1 Å². The Morgan fingerprint density at radius 3 is 2.58 bits per heavy atom. The summed E-state index contributed by atoms with van der Waals surface area (Å²) in [5.41, 5.74) is 2.36. The van der Waals surface area contributed by atoms with E-state index < -0.39 is 4.92 Å². The zero-order valence-electron chi connectivity index (χ0n) is 17.8. The van der Waals surface area contributed by atoms with Gasteiger partial charge in [-0.25, -0.2) is 0 Å². The summed E-state index contributed by atoms with van der Waals surface area (Å²) in [4.78, 5) is 31.5. The standard InChI is InChI=1S/C23H28N4O4/c1-17-9-10-26(22(15-17)24-19-5-3-2-4-6-19)23(28)18-7-8-20(21(16-18)27(29)30)25-11-13-31-14-12-25/h7-10,15-16,19H,2-6,11-14H2,1H3. The van der Waals surface area contributed by atoms with Gasteiger partial charge < -0.3 is 9.64 Å². The molecule has 1 aliphatic heterocycles. The van der Waals surface area contributed by atoms with Gasteiger partial charge in [-0.1, -0.05) is 19.3 Å². The number of anilines is 1. The summed E-state index contributed by atoms with van der Waals surface area (Å²) >= 11 is 0. The third-order valence-corrected chi connectivity index (χ3v) is 5.97. The molecular weight excluding hydrogens is 396 g/mol. The number of nitro benzene ring substituents is 1. The minimum atomic E-state index is -0.422. The molecule has 2 fully saturated rings. The van der Waals surface area contributed by atoms with E-state index >= 15 is 0 Å². The van der Waals surface area contributed by atoms with Gasteiger partial charge in [0.25, 0.3) is 11.6 Å². The fraction of sp³-hybridized carbons (Fsp3) is 0.478. The topological polar surface area (TPSA) is 90.0 Å². The maximum atomic E-state index is 13.3. The number of carbonyl (C=O) groups is 1. The largest absolute Gasteiger partial charge is 0.378 e. The molecule has 2 heterocycles. The number of morpholine rings is 1. The molecule has 8 nitrogen and oxygen atoms in total. The number of benzene rings is 1. The van der Waals surface area contributed by atoms with Crippen molar-refractivity contribution in [2.75, 3.05) is 31.2 Å². The van der Waals surface area contributed by atoms with Crippen LogP contribution in [0.4, 0.5) is 11.4 Å². The Morgan fingerprint density at radius 2 is 1.87 bits per heavy atom. The van der Waals surface area contributed by atoms with Crippen LogP contribution in [0.2, 0.25) is 0 Å². The maximum Gasteiger partial charge on any atom is 0.293 e. The Kier molecular flexibility index (Phi) is 6.46. The first-order valence-electron chi connectivity index (χ1n) is 10.9. The summed E-state index contributed by atoms with van der Waals surface area (Å²) in [5, 5.41) is 11.8. The molecule has 31 heavy (non-hydrogen) atoms. The molecule has 1 aliphatic carbocycles. The monoisotopic (exact) mass is 424 g/mol. The lowest BCUT2D eigenvalue weighted by Crippen LogP contribution is -2.36. The first-order chi connectivity index (χ1) is 15.0. The number of nitrogens with zero attached hydrogens (tertiary/aromatic N) is 4. The van der Waals surface area contributed by atoms with Gasteiger partial charge in [0.15, 0.2) is 0 Å². The molecule has 164 valence electrons. The third kappa shape index (κ3) is 4.85. The number of aromatic nitrogens is 1. The number of hydrogen-bond acceptors (Lipinski definition) is 6. The fourth-order valence-corrected chi connectivity index (χ4v) is 4.27. The molecule has 0 atom stereocenters. The van der Waals surface area contributed by atoms with Gasteiger partial charge in [0, 0.05) is 30.9 Å². The zero-order chi connectivity index (χ0) is 21.8. The highest BCUT2D eigenvalue weighted by molar-refractivity contribution is 5.97. The van der Waals surface area contributed by atoms with Crippen LogP contribution in [-0.2, 0) is 4.74 Å². The lowest BCUT2D eigenvalue weighted by molar-refractivity contribution is -0.384. The summed E-state index contributed by atoms with van der Waals surface area (Å²) < 4.78 is 6.86. The number of rotatable bonds is 4. The van der Waals surface area contributed by atoms with Crippen LogP contribution >= 0.6 is 0 Å². The van der Waals surface area contributed by atoms with Crippen molar-refractivity contribution in [1.82, 2.24) is 4.57 Å². The quantitative estimate of drug-likeness (QED) is 0.554.